The highest BCUT2D eigenvalue weighted by Gasteiger charge is 2.56. The molecule has 166 valence electrons. The van der Waals surface area contributed by atoms with Crippen LogP contribution in [0.4, 0.5) is 0 Å². The highest BCUT2D eigenvalue weighted by atomic mass is 16.3. The predicted molar refractivity (Wildman–Crippen MR) is 118 cm³/mol. The van der Waals surface area contributed by atoms with Gasteiger partial charge >= 0.3 is 0 Å². The summed E-state index contributed by atoms with van der Waals surface area (Å²) in [4.78, 5) is 0. The Morgan fingerprint density at radius 1 is 1.03 bits per heavy atom. The summed E-state index contributed by atoms with van der Waals surface area (Å²) in [6.07, 6.45) is 9.38. The third-order valence-electron chi connectivity index (χ3n) is 7.60. The number of aliphatic hydroxyl groups is 4. The van der Waals surface area contributed by atoms with E-state index in [-0.39, 0.29) is 24.4 Å². The van der Waals surface area contributed by atoms with Crippen molar-refractivity contribution in [3.8, 4) is 0 Å². The normalized spacial score (nSPS) is 44.2. The number of hydrogen-bond donors (Lipinski definition) is 4. The molecule has 1 saturated carbocycles. The minimum absolute atomic E-state index is 0.00778. The Kier molecular flexibility index (Phi) is 8.72. The van der Waals surface area contributed by atoms with Gasteiger partial charge in [-0.2, -0.15) is 0 Å². The fraction of sp³-hybridized carbons (Fsp3) is 0.760. The lowest BCUT2D eigenvalue weighted by molar-refractivity contribution is -0.0312. The summed E-state index contributed by atoms with van der Waals surface area (Å²) in [6, 6.07) is 0. The first-order valence-corrected chi connectivity index (χ1v) is 11.2. The van der Waals surface area contributed by atoms with E-state index in [4.69, 9.17) is 0 Å². The summed E-state index contributed by atoms with van der Waals surface area (Å²) in [5, 5.41) is 42.3. The van der Waals surface area contributed by atoms with E-state index in [9.17, 15) is 20.4 Å². The Hall–Kier alpha value is -0.940. The zero-order valence-electron chi connectivity index (χ0n) is 18.9. The molecule has 0 aromatic rings. The van der Waals surface area contributed by atoms with Crippen LogP contribution in [0.15, 0.2) is 34.9 Å². The molecule has 29 heavy (non-hydrogen) atoms. The molecule has 0 heterocycles. The van der Waals surface area contributed by atoms with Gasteiger partial charge in [-0.15, -0.1) is 0 Å². The Morgan fingerprint density at radius 3 is 2.34 bits per heavy atom. The average molecular weight is 407 g/mol. The van der Waals surface area contributed by atoms with Gasteiger partial charge < -0.3 is 20.4 Å². The fourth-order valence-electron chi connectivity index (χ4n) is 5.24. The molecular formula is C25H42O4. The van der Waals surface area contributed by atoms with Gasteiger partial charge in [0.15, 0.2) is 0 Å². The van der Waals surface area contributed by atoms with E-state index in [2.05, 4.69) is 39.0 Å². The van der Waals surface area contributed by atoms with E-state index in [0.29, 0.717) is 19.3 Å². The fourth-order valence-corrected chi connectivity index (χ4v) is 5.24. The molecule has 7 atom stereocenters. The zero-order chi connectivity index (χ0) is 21.8. The Labute approximate surface area is 177 Å². The van der Waals surface area contributed by atoms with Crippen molar-refractivity contribution in [2.75, 3.05) is 6.61 Å². The van der Waals surface area contributed by atoms with Crippen LogP contribution >= 0.6 is 0 Å². The van der Waals surface area contributed by atoms with E-state index >= 15 is 0 Å². The van der Waals surface area contributed by atoms with Crippen molar-refractivity contribution in [3.63, 3.8) is 0 Å². The minimum atomic E-state index is -0.844. The van der Waals surface area contributed by atoms with Crippen LogP contribution in [0, 0.1) is 23.2 Å². The van der Waals surface area contributed by atoms with Crippen molar-refractivity contribution >= 4 is 0 Å². The van der Waals surface area contributed by atoms with Gasteiger partial charge in [-0.1, -0.05) is 43.2 Å². The molecule has 0 amide bonds. The number of hydrogen-bond acceptors (Lipinski definition) is 4. The summed E-state index contributed by atoms with van der Waals surface area (Å²) in [5.41, 5.74) is 3.10. The first kappa shape index (κ1) is 24.3. The van der Waals surface area contributed by atoms with Crippen molar-refractivity contribution in [3.05, 3.63) is 34.9 Å². The van der Waals surface area contributed by atoms with Crippen molar-refractivity contribution < 1.29 is 20.4 Å². The molecule has 2 rings (SSSR count). The van der Waals surface area contributed by atoms with Crippen LogP contribution in [-0.2, 0) is 0 Å². The van der Waals surface area contributed by atoms with Gasteiger partial charge in [0.05, 0.1) is 18.3 Å². The first-order valence-electron chi connectivity index (χ1n) is 11.2. The molecule has 4 N–H and O–H groups in total. The summed E-state index contributed by atoms with van der Waals surface area (Å²) in [6.45, 7) is 10.2. The van der Waals surface area contributed by atoms with Crippen molar-refractivity contribution in [1.82, 2.24) is 0 Å². The molecule has 0 aromatic heterocycles. The summed E-state index contributed by atoms with van der Waals surface area (Å²) >= 11 is 0. The standard InChI is InChI=1S/C25H42O4/c1-16-7-6-8-17(2)13-14-25(5)20(11-10-18(3)21(27)12-9-16)22(19(4)15-26)23(28)24(25)29/h7,10,13,19-24,26-29H,6,8-9,11-12,14-15H2,1-5H3/b16-7+,17-13-,18-10+/t19-,20-,21+,22+,23-,24-,25+/m1/s1. The van der Waals surface area contributed by atoms with Crippen LogP contribution < -0.4 is 0 Å². The monoisotopic (exact) mass is 406 g/mol. The van der Waals surface area contributed by atoms with E-state index in [0.717, 1.165) is 24.8 Å². The quantitative estimate of drug-likeness (QED) is 0.520. The van der Waals surface area contributed by atoms with Crippen LogP contribution in [0.5, 0.6) is 0 Å². The van der Waals surface area contributed by atoms with Crippen LogP contribution in [0.25, 0.3) is 0 Å². The van der Waals surface area contributed by atoms with Gasteiger partial charge in [-0.05, 0) is 82.6 Å². The van der Waals surface area contributed by atoms with Gasteiger partial charge in [0.1, 0.15) is 0 Å². The van der Waals surface area contributed by atoms with E-state index < -0.39 is 23.7 Å². The minimum Gasteiger partial charge on any atom is -0.396 e. The van der Waals surface area contributed by atoms with Gasteiger partial charge in [0.25, 0.3) is 0 Å². The zero-order valence-corrected chi connectivity index (χ0v) is 18.9. The molecule has 0 aromatic carbocycles. The second-order valence-electron chi connectivity index (χ2n) is 9.87. The molecule has 0 unspecified atom stereocenters. The maximum atomic E-state index is 11.0. The van der Waals surface area contributed by atoms with Crippen molar-refractivity contribution in [2.24, 2.45) is 23.2 Å². The summed E-state index contributed by atoms with van der Waals surface area (Å²) in [7, 11) is 0. The molecule has 0 saturated heterocycles. The van der Waals surface area contributed by atoms with Crippen LogP contribution in [0.1, 0.15) is 73.1 Å². The second kappa shape index (κ2) is 10.4. The smallest absolute Gasteiger partial charge is 0.0861 e. The number of aliphatic hydroxyl groups excluding tert-OH is 4. The maximum absolute atomic E-state index is 11.0. The Balaban J connectivity index is 2.42. The lowest BCUT2D eigenvalue weighted by Gasteiger charge is -2.36. The molecule has 4 heteroatoms. The third kappa shape index (κ3) is 5.61. The molecular weight excluding hydrogens is 364 g/mol. The van der Waals surface area contributed by atoms with Crippen molar-refractivity contribution in [1.29, 1.82) is 0 Å². The largest absolute Gasteiger partial charge is 0.396 e. The maximum Gasteiger partial charge on any atom is 0.0861 e. The molecule has 0 aliphatic heterocycles. The predicted octanol–water partition coefficient (Wildman–Crippen LogP) is 4.14. The molecule has 2 aliphatic rings. The Bertz CT molecular complexity index is 635. The van der Waals surface area contributed by atoms with E-state index in [1.54, 1.807) is 0 Å². The number of fused-ring (bicyclic) bond motifs is 1. The molecule has 4 nitrogen and oxygen atoms in total. The van der Waals surface area contributed by atoms with Crippen molar-refractivity contribution in [2.45, 2.75) is 91.5 Å². The Morgan fingerprint density at radius 2 is 1.69 bits per heavy atom. The van der Waals surface area contributed by atoms with Gasteiger partial charge in [-0.3, -0.25) is 0 Å². The molecule has 0 radical (unpaired) electrons. The average Bonchev–Trinajstić information content (AvgIpc) is 2.88. The van der Waals surface area contributed by atoms with Gasteiger partial charge in [0, 0.05) is 12.0 Å². The second-order valence-corrected chi connectivity index (χ2v) is 9.87. The molecule has 0 bridgehead atoms. The summed E-state index contributed by atoms with van der Waals surface area (Å²) < 4.78 is 0. The van der Waals surface area contributed by atoms with Crippen LogP contribution in [-0.4, -0.2) is 45.3 Å². The highest BCUT2D eigenvalue weighted by molar-refractivity contribution is 5.15. The number of allylic oxidation sites excluding steroid dienone is 5. The van der Waals surface area contributed by atoms with E-state index in [1.165, 1.54) is 11.1 Å². The van der Waals surface area contributed by atoms with Gasteiger partial charge in [0.2, 0.25) is 0 Å². The third-order valence-corrected chi connectivity index (χ3v) is 7.60. The topological polar surface area (TPSA) is 80.9 Å². The lowest BCUT2D eigenvalue weighted by atomic mass is 9.69. The SMILES string of the molecule is C/C1=C/C[C@]2(C)[C@H](O)[C@H](O)[C@@H]([C@H](C)CO)[C@H]2C/C=C(\C)[C@@H](O)CC/C(C)=C/CC1. The van der Waals surface area contributed by atoms with Gasteiger partial charge in [-0.25, -0.2) is 0 Å². The molecule has 1 fully saturated rings. The lowest BCUT2D eigenvalue weighted by Crippen LogP contribution is -2.36. The highest BCUT2D eigenvalue weighted by Crippen LogP contribution is 2.54. The van der Waals surface area contributed by atoms with E-state index in [1.807, 2.05) is 13.8 Å². The van der Waals surface area contributed by atoms with Crippen LogP contribution in [0.2, 0.25) is 0 Å². The summed E-state index contributed by atoms with van der Waals surface area (Å²) in [5.74, 6) is -0.232. The number of rotatable bonds is 2. The molecule has 2 aliphatic carbocycles. The molecule has 0 spiro atoms. The first-order chi connectivity index (χ1) is 13.6. The van der Waals surface area contributed by atoms with Crippen LogP contribution in [0.3, 0.4) is 0 Å².